The Kier molecular flexibility index (Phi) is 2.45. The highest BCUT2D eigenvalue weighted by atomic mass is 19.4. The number of aryl methyl sites for hydroxylation is 1. The molecule has 0 bridgehead atoms. The van der Waals surface area contributed by atoms with Gasteiger partial charge in [-0.3, -0.25) is 0 Å². The predicted molar refractivity (Wildman–Crippen MR) is 37.8 cm³/mol. The number of hydrogen-bond donors (Lipinski definition) is 0. The lowest BCUT2D eigenvalue weighted by Crippen LogP contribution is -2.17. The largest absolute Gasteiger partial charge is 0.573 e. The molecule has 0 unspecified atom stereocenters. The highest BCUT2D eigenvalue weighted by Crippen LogP contribution is 2.26. The van der Waals surface area contributed by atoms with E-state index in [0.29, 0.717) is 6.07 Å². The van der Waals surface area contributed by atoms with Crippen molar-refractivity contribution < 1.29 is 22.3 Å². The van der Waals surface area contributed by atoms with Gasteiger partial charge >= 0.3 is 6.36 Å². The number of alkyl halides is 3. The minimum absolute atomic E-state index is 0.235. The number of hydrogen-bond acceptors (Lipinski definition) is 1. The molecular weight excluding hydrogens is 188 g/mol. The molecule has 1 aromatic rings. The summed E-state index contributed by atoms with van der Waals surface area (Å²) in [5.74, 6) is -1.27. The maximum absolute atomic E-state index is 12.5. The van der Waals surface area contributed by atoms with Crippen molar-refractivity contribution in [3.05, 3.63) is 29.6 Å². The summed E-state index contributed by atoms with van der Waals surface area (Å²) in [6, 6.07) is 2.98. The highest BCUT2D eigenvalue weighted by Gasteiger charge is 2.31. The van der Waals surface area contributed by atoms with E-state index in [1.54, 1.807) is 0 Å². The lowest BCUT2D eigenvalue weighted by Gasteiger charge is -2.10. The molecule has 0 aliphatic heterocycles. The normalized spacial score (nSPS) is 11.5. The van der Waals surface area contributed by atoms with Crippen molar-refractivity contribution in [2.45, 2.75) is 13.3 Å². The number of rotatable bonds is 1. The molecule has 0 aromatic heterocycles. The summed E-state index contributed by atoms with van der Waals surface area (Å²) in [7, 11) is 0. The summed E-state index contributed by atoms with van der Waals surface area (Å²) in [6.45, 7) is 1.40. The molecule has 0 amide bonds. The molecule has 0 spiro atoms. The van der Waals surface area contributed by atoms with Crippen LogP contribution in [0.2, 0.25) is 0 Å². The smallest absolute Gasteiger partial charge is 0.405 e. The van der Waals surface area contributed by atoms with E-state index in [-0.39, 0.29) is 5.56 Å². The molecule has 0 saturated carbocycles. The first-order chi connectivity index (χ1) is 5.88. The van der Waals surface area contributed by atoms with E-state index in [2.05, 4.69) is 4.74 Å². The van der Waals surface area contributed by atoms with Gasteiger partial charge in [0.05, 0.1) is 0 Å². The van der Waals surface area contributed by atoms with Crippen LogP contribution in [-0.4, -0.2) is 6.36 Å². The van der Waals surface area contributed by atoms with Crippen molar-refractivity contribution in [1.29, 1.82) is 0 Å². The fourth-order valence-corrected chi connectivity index (χ4v) is 0.809. The molecular formula is C8H6F4O. The number of benzene rings is 1. The molecule has 0 N–H and O–H groups in total. The van der Waals surface area contributed by atoms with Crippen LogP contribution in [0.25, 0.3) is 0 Å². The van der Waals surface area contributed by atoms with Crippen LogP contribution in [-0.2, 0) is 0 Å². The Bertz CT molecular complexity index is 306. The zero-order chi connectivity index (χ0) is 10.1. The zero-order valence-corrected chi connectivity index (χ0v) is 6.65. The first kappa shape index (κ1) is 9.83. The third-order valence-corrected chi connectivity index (χ3v) is 1.38. The lowest BCUT2D eigenvalue weighted by molar-refractivity contribution is -0.274. The molecule has 5 heteroatoms. The van der Waals surface area contributed by atoms with Gasteiger partial charge < -0.3 is 4.74 Å². The Balaban J connectivity index is 2.94. The molecule has 1 aromatic carbocycles. The van der Waals surface area contributed by atoms with E-state index in [1.165, 1.54) is 13.0 Å². The third-order valence-electron chi connectivity index (χ3n) is 1.38. The van der Waals surface area contributed by atoms with Gasteiger partial charge in [-0.2, -0.15) is 0 Å². The van der Waals surface area contributed by atoms with Crippen molar-refractivity contribution in [3.8, 4) is 5.75 Å². The molecule has 0 aliphatic rings. The van der Waals surface area contributed by atoms with E-state index in [9.17, 15) is 17.6 Å². The molecule has 0 fully saturated rings. The van der Waals surface area contributed by atoms with E-state index in [4.69, 9.17) is 0 Å². The maximum Gasteiger partial charge on any atom is 0.573 e. The van der Waals surface area contributed by atoms with Gasteiger partial charge in [0, 0.05) is 6.07 Å². The van der Waals surface area contributed by atoms with Crippen LogP contribution in [0.5, 0.6) is 5.75 Å². The first-order valence-electron chi connectivity index (χ1n) is 3.40. The van der Waals surface area contributed by atoms with Crippen LogP contribution in [0, 0.1) is 12.7 Å². The fraction of sp³-hybridized carbons (Fsp3) is 0.250. The Labute approximate surface area is 71.9 Å². The summed E-state index contributed by atoms with van der Waals surface area (Å²) >= 11 is 0. The van der Waals surface area contributed by atoms with Crippen LogP contribution >= 0.6 is 0 Å². The van der Waals surface area contributed by atoms with Crippen molar-refractivity contribution in [3.63, 3.8) is 0 Å². The number of ether oxygens (including phenoxy) is 1. The van der Waals surface area contributed by atoms with Gasteiger partial charge in [0.2, 0.25) is 0 Å². The molecule has 1 nitrogen and oxygen atoms in total. The quantitative estimate of drug-likeness (QED) is 0.624. The predicted octanol–water partition coefficient (Wildman–Crippen LogP) is 3.03. The second-order valence-corrected chi connectivity index (χ2v) is 2.46. The Morgan fingerprint density at radius 3 is 2.38 bits per heavy atom. The van der Waals surface area contributed by atoms with Crippen LogP contribution in [0.15, 0.2) is 18.2 Å². The van der Waals surface area contributed by atoms with Crippen molar-refractivity contribution in [1.82, 2.24) is 0 Å². The van der Waals surface area contributed by atoms with Crippen LogP contribution in [0.4, 0.5) is 17.6 Å². The third kappa shape index (κ3) is 2.93. The van der Waals surface area contributed by atoms with Crippen molar-refractivity contribution in [2.75, 3.05) is 0 Å². The fourth-order valence-electron chi connectivity index (χ4n) is 0.809. The molecule has 1 rings (SSSR count). The van der Waals surface area contributed by atoms with E-state index in [1.807, 2.05) is 0 Å². The summed E-state index contributed by atoms with van der Waals surface area (Å²) in [4.78, 5) is 0. The van der Waals surface area contributed by atoms with Gasteiger partial charge in [-0.15, -0.1) is 13.2 Å². The summed E-state index contributed by atoms with van der Waals surface area (Å²) in [5, 5.41) is 0. The standard InChI is InChI=1S/C8H6F4O/c1-5-2-3-6(9)4-7(5)13-8(10,11)12/h2-4H,1H3. The van der Waals surface area contributed by atoms with E-state index in [0.717, 1.165) is 6.07 Å². The summed E-state index contributed by atoms with van der Waals surface area (Å²) in [5.41, 5.74) is 0.235. The SMILES string of the molecule is Cc1ccc(F)cc1OC(F)(F)F. The average molecular weight is 194 g/mol. The zero-order valence-electron chi connectivity index (χ0n) is 6.65. The Morgan fingerprint density at radius 2 is 1.85 bits per heavy atom. The lowest BCUT2D eigenvalue weighted by atomic mass is 10.2. The van der Waals surface area contributed by atoms with Gasteiger partial charge in [0.15, 0.2) is 0 Å². The van der Waals surface area contributed by atoms with Gasteiger partial charge in [-0.25, -0.2) is 4.39 Å². The van der Waals surface area contributed by atoms with Crippen LogP contribution in [0.1, 0.15) is 5.56 Å². The molecule has 0 heterocycles. The van der Waals surface area contributed by atoms with E-state index < -0.39 is 17.9 Å². The minimum Gasteiger partial charge on any atom is -0.405 e. The second kappa shape index (κ2) is 3.24. The van der Waals surface area contributed by atoms with Crippen molar-refractivity contribution >= 4 is 0 Å². The van der Waals surface area contributed by atoms with Crippen molar-refractivity contribution in [2.24, 2.45) is 0 Å². The van der Waals surface area contributed by atoms with Gasteiger partial charge in [0.25, 0.3) is 0 Å². The van der Waals surface area contributed by atoms with Crippen LogP contribution in [0.3, 0.4) is 0 Å². The van der Waals surface area contributed by atoms with E-state index >= 15 is 0 Å². The Morgan fingerprint density at radius 1 is 1.23 bits per heavy atom. The number of halogens is 4. The second-order valence-electron chi connectivity index (χ2n) is 2.46. The Hall–Kier alpha value is -1.26. The molecule has 0 atom stereocenters. The monoisotopic (exact) mass is 194 g/mol. The maximum atomic E-state index is 12.5. The first-order valence-corrected chi connectivity index (χ1v) is 3.40. The molecule has 13 heavy (non-hydrogen) atoms. The topological polar surface area (TPSA) is 9.23 Å². The molecule has 0 aliphatic carbocycles. The molecule has 0 radical (unpaired) electrons. The molecule has 0 saturated heterocycles. The average Bonchev–Trinajstić information content (AvgIpc) is 1.94. The van der Waals surface area contributed by atoms with Gasteiger partial charge in [0.1, 0.15) is 11.6 Å². The highest BCUT2D eigenvalue weighted by molar-refractivity contribution is 5.32. The summed E-state index contributed by atoms with van der Waals surface area (Å²) < 4.78 is 51.2. The van der Waals surface area contributed by atoms with Crippen LogP contribution < -0.4 is 4.74 Å². The summed E-state index contributed by atoms with van der Waals surface area (Å²) in [6.07, 6.45) is -4.78. The minimum atomic E-state index is -4.78. The molecule has 72 valence electrons. The van der Waals surface area contributed by atoms with Gasteiger partial charge in [-0.05, 0) is 18.6 Å². The van der Waals surface area contributed by atoms with Gasteiger partial charge in [-0.1, -0.05) is 6.07 Å².